The fourth-order valence-corrected chi connectivity index (χ4v) is 5.29. The Bertz CT molecular complexity index is 1180. The minimum Gasteiger partial charge on any atom is -0.495 e. The van der Waals surface area contributed by atoms with Crippen LogP contribution in [0.15, 0.2) is 51.9 Å². The highest BCUT2D eigenvalue weighted by Crippen LogP contribution is 2.34. The Balaban J connectivity index is 1.60. The van der Waals surface area contributed by atoms with E-state index < -0.39 is 10.0 Å². The predicted molar refractivity (Wildman–Crippen MR) is 115 cm³/mol. The summed E-state index contributed by atoms with van der Waals surface area (Å²) in [6, 6.07) is 11.2. The highest BCUT2D eigenvalue weighted by atomic mass is 32.2. The zero-order chi connectivity index (χ0) is 22.2. The van der Waals surface area contributed by atoms with Crippen LogP contribution in [0, 0.1) is 19.7 Å². The molecular weight excluding hydrogens is 421 g/mol. The van der Waals surface area contributed by atoms with Crippen molar-refractivity contribution in [2.45, 2.75) is 18.7 Å². The number of anilines is 1. The van der Waals surface area contributed by atoms with Crippen molar-refractivity contribution in [3.05, 3.63) is 59.5 Å². The molecule has 4 rings (SSSR count). The molecule has 1 saturated heterocycles. The van der Waals surface area contributed by atoms with Gasteiger partial charge in [0.1, 0.15) is 16.5 Å². The van der Waals surface area contributed by atoms with Crippen molar-refractivity contribution in [1.82, 2.24) is 9.46 Å². The molecule has 3 aromatic rings. The Kier molecular flexibility index (Phi) is 5.72. The molecule has 0 atom stereocenters. The lowest BCUT2D eigenvalue weighted by atomic mass is 10.1. The molecule has 1 aromatic heterocycles. The number of sulfonamides is 1. The molecule has 0 radical (unpaired) electrons. The van der Waals surface area contributed by atoms with Crippen LogP contribution in [-0.4, -0.2) is 51.2 Å². The van der Waals surface area contributed by atoms with Gasteiger partial charge in [0.15, 0.2) is 5.76 Å². The fourth-order valence-electron chi connectivity index (χ4n) is 3.68. The number of nitrogens with zero attached hydrogens (tertiary/aromatic N) is 3. The van der Waals surface area contributed by atoms with Gasteiger partial charge in [-0.3, -0.25) is 0 Å². The van der Waals surface area contributed by atoms with Crippen LogP contribution >= 0.6 is 0 Å². The summed E-state index contributed by atoms with van der Waals surface area (Å²) in [6.45, 7) is 5.36. The monoisotopic (exact) mass is 445 g/mol. The molecule has 164 valence electrons. The Labute approximate surface area is 181 Å². The summed E-state index contributed by atoms with van der Waals surface area (Å²) in [5.41, 5.74) is 3.12. The van der Waals surface area contributed by atoms with Crippen molar-refractivity contribution in [1.29, 1.82) is 0 Å². The van der Waals surface area contributed by atoms with Crippen LogP contribution in [0.25, 0.3) is 11.3 Å². The molecule has 1 aliphatic heterocycles. The Morgan fingerprint density at radius 2 is 1.71 bits per heavy atom. The number of aryl methyl sites for hydroxylation is 1. The number of piperazine rings is 1. The lowest BCUT2D eigenvalue weighted by molar-refractivity contribution is 0.374. The number of halogens is 1. The second-order valence-corrected chi connectivity index (χ2v) is 9.36. The molecule has 2 heterocycles. The number of ether oxygens (including phenoxy) is 1. The second-order valence-electron chi connectivity index (χ2n) is 7.46. The van der Waals surface area contributed by atoms with Gasteiger partial charge in [-0.05, 0) is 56.3 Å². The van der Waals surface area contributed by atoms with Gasteiger partial charge in [-0.15, -0.1) is 0 Å². The SMILES string of the molecule is COc1ccc(-c2onc(C)c2C)cc1S(=O)(=O)N1CCN(c2ccc(F)cc2)CC1. The normalized spacial score (nSPS) is 15.3. The highest BCUT2D eigenvalue weighted by molar-refractivity contribution is 7.89. The van der Waals surface area contributed by atoms with Gasteiger partial charge in [-0.25, -0.2) is 12.8 Å². The first-order valence-electron chi connectivity index (χ1n) is 9.93. The quantitative estimate of drug-likeness (QED) is 0.597. The largest absolute Gasteiger partial charge is 0.495 e. The minimum absolute atomic E-state index is 0.0937. The standard InChI is InChI=1S/C22H24FN3O4S/c1-15-16(2)24-30-22(15)17-4-9-20(29-3)21(14-17)31(27,28)26-12-10-25(11-13-26)19-7-5-18(23)6-8-19/h4-9,14H,10-13H2,1-3H3. The van der Waals surface area contributed by atoms with Crippen molar-refractivity contribution in [2.24, 2.45) is 0 Å². The predicted octanol–water partition coefficient (Wildman–Crippen LogP) is 3.62. The molecule has 0 spiro atoms. The topological polar surface area (TPSA) is 75.9 Å². The summed E-state index contributed by atoms with van der Waals surface area (Å²) in [5.74, 6) is 0.519. The molecule has 0 amide bonds. The van der Waals surface area contributed by atoms with Crippen molar-refractivity contribution in [3.63, 3.8) is 0 Å². The van der Waals surface area contributed by atoms with Gasteiger partial charge in [0, 0.05) is 43.0 Å². The zero-order valence-electron chi connectivity index (χ0n) is 17.6. The molecule has 1 fully saturated rings. The van der Waals surface area contributed by atoms with E-state index in [0.29, 0.717) is 37.5 Å². The van der Waals surface area contributed by atoms with Crippen LogP contribution in [0.5, 0.6) is 5.75 Å². The van der Waals surface area contributed by atoms with Crippen LogP contribution < -0.4 is 9.64 Å². The molecular formula is C22H24FN3O4S. The summed E-state index contributed by atoms with van der Waals surface area (Å²) in [6.07, 6.45) is 0. The van der Waals surface area contributed by atoms with E-state index in [4.69, 9.17) is 9.26 Å². The average Bonchev–Trinajstić information content (AvgIpc) is 3.12. The van der Waals surface area contributed by atoms with Gasteiger partial charge in [-0.2, -0.15) is 4.31 Å². The summed E-state index contributed by atoms with van der Waals surface area (Å²) in [7, 11) is -2.35. The maximum absolute atomic E-state index is 13.5. The van der Waals surface area contributed by atoms with E-state index in [2.05, 4.69) is 5.16 Å². The third-order valence-electron chi connectivity index (χ3n) is 5.63. The van der Waals surface area contributed by atoms with Gasteiger partial charge in [0.2, 0.25) is 10.0 Å². The third kappa shape index (κ3) is 4.03. The summed E-state index contributed by atoms with van der Waals surface area (Å²) >= 11 is 0. The van der Waals surface area contributed by atoms with Gasteiger partial charge >= 0.3 is 0 Å². The van der Waals surface area contributed by atoms with E-state index in [0.717, 1.165) is 16.9 Å². The number of benzene rings is 2. The second kappa shape index (κ2) is 8.32. The Morgan fingerprint density at radius 1 is 1.03 bits per heavy atom. The highest BCUT2D eigenvalue weighted by Gasteiger charge is 2.31. The minimum atomic E-state index is -3.79. The fraction of sp³-hybridized carbons (Fsp3) is 0.318. The summed E-state index contributed by atoms with van der Waals surface area (Å²) in [4.78, 5) is 2.14. The first-order valence-corrected chi connectivity index (χ1v) is 11.4. The van der Waals surface area contributed by atoms with E-state index in [1.54, 1.807) is 30.3 Å². The number of aromatic nitrogens is 1. The first kappa shape index (κ1) is 21.3. The molecule has 31 heavy (non-hydrogen) atoms. The lowest BCUT2D eigenvalue weighted by Crippen LogP contribution is -2.48. The molecule has 0 bridgehead atoms. The maximum Gasteiger partial charge on any atom is 0.246 e. The van der Waals surface area contributed by atoms with Crippen LogP contribution in [-0.2, 0) is 10.0 Å². The van der Waals surface area contributed by atoms with Gasteiger partial charge in [0.25, 0.3) is 0 Å². The first-order chi connectivity index (χ1) is 14.8. The van der Waals surface area contributed by atoms with Crippen molar-refractivity contribution < 1.29 is 22.1 Å². The average molecular weight is 446 g/mol. The van der Waals surface area contributed by atoms with E-state index in [9.17, 15) is 12.8 Å². The van der Waals surface area contributed by atoms with Gasteiger partial charge in [-0.1, -0.05) is 5.16 Å². The number of rotatable bonds is 5. The molecule has 0 N–H and O–H groups in total. The molecule has 1 aliphatic rings. The van der Waals surface area contributed by atoms with Crippen LogP contribution in [0.2, 0.25) is 0 Å². The van der Waals surface area contributed by atoms with Crippen LogP contribution in [0.4, 0.5) is 10.1 Å². The van der Waals surface area contributed by atoms with Crippen LogP contribution in [0.1, 0.15) is 11.3 Å². The smallest absolute Gasteiger partial charge is 0.246 e. The van der Waals surface area contributed by atoms with Crippen molar-refractivity contribution in [2.75, 3.05) is 38.2 Å². The molecule has 0 aliphatic carbocycles. The number of methoxy groups -OCH3 is 1. The maximum atomic E-state index is 13.5. The molecule has 2 aromatic carbocycles. The Morgan fingerprint density at radius 3 is 2.29 bits per heavy atom. The van der Waals surface area contributed by atoms with Crippen LogP contribution in [0.3, 0.4) is 0 Å². The summed E-state index contributed by atoms with van der Waals surface area (Å²) in [5, 5.41) is 3.96. The molecule has 0 saturated carbocycles. The van der Waals surface area contributed by atoms with Gasteiger partial charge < -0.3 is 14.2 Å². The molecule has 9 heteroatoms. The lowest BCUT2D eigenvalue weighted by Gasteiger charge is -2.35. The molecule has 7 nitrogen and oxygen atoms in total. The number of hydrogen-bond donors (Lipinski definition) is 0. The van der Waals surface area contributed by atoms with E-state index >= 15 is 0 Å². The third-order valence-corrected chi connectivity index (χ3v) is 7.55. The molecule has 0 unspecified atom stereocenters. The van der Waals surface area contributed by atoms with Gasteiger partial charge in [0.05, 0.1) is 12.8 Å². The van der Waals surface area contributed by atoms with E-state index in [1.807, 2.05) is 18.7 Å². The number of hydrogen-bond acceptors (Lipinski definition) is 6. The summed E-state index contributed by atoms with van der Waals surface area (Å²) < 4.78 is 52.3. The Hall–Kier alpha value is -2.91. The van der Waals surface area contributed by atoms with Crippen molar-refractivity contribution >= 4 is 15.7 Å². The van der Waals surface area contributed by atoms with E-state index in [-0.39, 0.29) is 16.5 Å². The van der Waals surface area contributed by atoms with Crippen molar-refractivity contribution in [3.8, 4) is 17.1 Å². The van der Waals surface area contributed by atoms with E-state index in [1.165, 1.54) is 23.5 Å². The zero-order valence-corrected chi connectivity index (χ0v) is 18.4.